The number of carboxylic acids is 1. The number of unbranched alkanes of at least 4 members (excludes halogenated alkanes) is 3. The summed E-state index contributed by atoms with van der Waals surface area (Å²) in [5.41, 5.74) is 42.4. The number of phenols is 1. The van der Waals surface area contributed by atoms with Crippen LogP contribution >= 0.6 is 11.8 Å². The van der Waals surface area contributed by atoms with Gasteiger partial charge in [0.25, 0.3) is 0 Å². The number of imidazole rings is 1. The summed E-state index contributed by atoms with van der Waals surface area (Å²) in [4.78, 5) is 280. The molecule has 2 aromatic heterocycles. The van der Waals surface area contributed by atoms with Crippen molar-refractivity contribution in [1.29, 1.82) is 0 Å². The number of para-hydroxylation sites is 1. The zero-order valence-electron chi connectivity index (χ0n) is 80.4. The topological polar surface area (TPSA) is 775 Å². The maximum absolute atomic E-state index is 15.3. The van der Waals surface area contributed by atoms with E-state index in [1.54, 1.807) is 64.4 Å². The molecule has 18 amide bonds. The monoisotopic (exact) mass is 1980 g/mol. The number of hydrogen-bond donors (Lipinski definition) is 25. The number of nitrogens with zero attached hydrogens (tertiary/aromatic N) is 3. The van der Waals surface area contributed by atoms with Crippen LogP contribution in [-0.2, 0) is 110 Å². The summed E-state index contributed by atoms with van der Waals surface area (Å²) < 4.78 is 0. The number of H-pyrrole nitrogens is 2. The fourth-order valence-corrected chi connectivity index (χ4v) is 16.5. The van der Waals surface area contributed by atoms with Crippen LogP contribution in [0.2, 0.25) is 0 Å². The SMILES string of the molecule is CC[C@H](C)[C@H](NC(=O)[C@H](Cc1c[nH]c2ccccc12)NC(=O)[C@@H]1CCCN1C(=O)[C@H](CCCCN)NC(=O)[C@H](CCSC)NC(=O)[C@H](C)NC(=O)[C@H](CCCCN)NC(=O)[C@H](CCC(N)=O)NC(=O)[C@H](Cc1cnc[nH]1)NC(=O)[C@H](CCC(N)=O)NC(=O)[C@H](Cc1ccc(O)cc1)NC(=O)[C@@H](N)C(C)C)C(=O)N[C@@H](CCC(N)=O)C(=O)N1CCC[C@H]1C(=O)N[C@@H](CCCCN)C(=O)N[C@H](C(=O)O)[C@@H](C)O. The lowest BCUT2D eigenvalue weighted by atomic mass is 9.96. The fraction of sp³-hybridized carbons (Fsp3) is 0.609. The van der Waals surface area contributed by atoms with Crippen LogP contribution in [0.25, 0.3) is 10.9 Å². The number of aromatic hydroxyl groups is 1. The Kier molecular flexibility index (Phi) is 48.7. The van der Waals surface area contributed by atoms with Crippen LogP contribution in [0.15, 0.2) is 67.3 Å². The lowest BCUT2D eigenvalue weighted by molar-refractivity contribution is -0.146. The van der Waals surface area contributed by atoms with Crippen molar-refractivity contribution in [3.63, 3.8) is 0 Å². The molecule has 2 saturated heterocycles. The van der Waals surface area contributed by atoms with E-state index in [9.17, 15) is 92.0 Å². The number of amides is 18. The Morgan fingerprint density at radius 1 is 0.464 bits per heavy atom. The van der Waals surface area contributed by atoms with Gasteiger partial charge in [0, 0.05) is 80.6 Å². The van der Waals surface area contributed by atoms with Gasteiger partial charge in [-0.1, -0.05) is 64.4 Å². The lowest BCUT2D eigenvalue weighted by Crippen LogP contribution is -2.61. The molecule has 4 aromatic rings. The first-order chi connectivity index (χ1) is 66.5. The normalized spacial score (nSPS) is 16.9. The number of carboxylic acid groups (broad SMARTS) is 1. The van der Waals surface area contributed by atoms with Gasteiger partial charge >= 0.3 is 5.97 Å². The number of primary amides is 3. The molecular weight excluding hydrogens is 1840 g/mol. The van der Waals surface area contributed by atoms with Gasteiger partial charge in [0.1, 0.15) is 90.3 Å². The third-order valence-electron chi connectivity index (χ3n) is 24.5. The molecule has 4 heterocycles. The number of fused-ring (bicyclic) bond motifs is 1. The molecule has 47 nitrogen and oxygen atoms in total. The standard InChI is InChI=1S/C92H143N25O22S/c1-8-50(4)75(89(135)110-65(32-35-73(98)122)91(137)117-41-17-24-69(117)86(132)108-60(22-12-15-38-94)82(128)115-76(52(6)118)92(138)139)114-85(131)67(44-54-46-101-58-20-10-9-19-57(54)58)112-87(133)70-25-18-40-116(70)90(136)64(23-13-16-39-95)109-81(127)63(36-42-140-7)104-77(123)51(5)103-78(124)59(21-11-14-37-93)105-79(125)61(30-33-71(96)120)107-84(130)68(45-55-47-100-48-102-55)111-80(126)62(31-34-72(97)121)106-83(129)66(113-88(134)74(99)49(2)3)43-53-26-28-56(119)29-27-53/h9-10,19-20,26-29,46-52,59-70,74-76,101,118-119H,8,11-18,21-25,30-45,93-95,99H2,1-7H3,(H2,96,120)(H2,97,121)(H2,98,122)(H,100,102)(H,103,124)(H,104,123)(H,105,125)(H,106,129)(H,107,130)(H,108,132)(H,109,127)(H,110,135)(H,111,126)(H,112,133)(H,113,134)(H,114,131)(H,115,128)(H,138,139)/t50-,51-,52+,59-,60-,61-,62-,63-,64-,65-,66-,67-,68-,69-,70-,74-,75-,76-/m0/s1. The number of thioether (sulfide) groups is 1. The van der Waals surface area contributed by atoms with Crippen molar-refractivity contribution in [2.75, 3.05) is 44.7 Å². The minimum Gasteiger partial charge on any atom is -0.508 e. The van der Waals surface area contributed by atoms with E-state index in [1.807, 2.05) is 0 Å². The van der Waals surface area contributed by atoms with Crippen molar-refractivity contribution in [2.45, 2.75) is 298 Å². The van der Waals surface area contributed by atoms with Crippen molar-refractivity contribution >= 4 is 135 Å². The third kappa shape index (κ3) is 37.0. The van der Waals surface area contributed by atoms with Crippen molar-refractivity contribution in [2.24, 2.45) is 52.0 Å². The van der Waals surface area contributed by atoms with E-state index in [4.69, 9.17) is 40.1 Å². The summed E-state index contributed by atoms with van der Waals surface area (Å²) >= 11 is 1.31. The fourth-order valence-electron chi connectivity index (χ4n) is 16.1. The molecular formula is C92H143N25O22S. The van der Waals surface area contributed by atoms with E-state index in [1.165, 1.54) is 65.3 Å². The number of carbonyl (C=O) groups is 19. The van der Waals surface area contributed by atoms with Crippen LogP contribution in [0.5, 0.6) is 5.75 Å². The molecule has 0 spiro atoms. The molecule has 0 aliphatic carbocycles. The molecule has 140 heavy (non-hydrogen) atoms. The summed E-state index contributed by atoms with van der Waals surface area (Å²) in [5.74, 6) is -18.4. The maximum Gasteiger partial charge on any atom is 0.328 e. The number of nitrogens with one attached hydrogen (secondary N) is 15. The van der Waals surface area contributed by atoms with Crippen LogP contribution in [-0.4, -0.2) is 300 Å². The highest BCUT2D eigenvalue weighted by molar-refractivity contribution is 7.98. The Morgan fingerprint density at radius 3 is 1.36 bits per heavy atom. The Bertz CT molecular complexity index is 4850. The lowest BCUT2D eigenvalue weighted by Gasteiger charge is -2.32. The van der Waals surface area contributed by atoms with Gasteiger partial charge in [-0.15, -0.1) is 0 Å². The molecule has 48 heteroatoms. The second-order valence-corrected chi connectivity index (χ2v) is 36.8. The second-order valence-electron chi connectivity index (χ2n) is 35.8. The predicted molar refractivity (Wildman–Crippen MR) is 515 cm³/mol. The molecule has 2 fully saturated rings. The molecule has 2 aliphatic rings. The minimum atomic E-state index is -1.73. The summed E-state index contributed by atoms with van der Waals surface area (Å²) in [5, 5.41) is 64.7. The highest BCUT2D eigenvalue weighted by Crippen LogP contribution is 2.26. The molecule has 0 radical (unpaired) electrons. The Balaban J connectivity index is 1.20. The summed E-state index contributed by atoms with van der Waals surface area (Å²) in [7, 11) is 0. The molecule has 18 atom stereocenters. The van der Waals surface area contributed by atoms with Gasteiger partial charge < -0.3 is 144 Å². The van der Waals surface area contributed by atoms with Gasteiger partial charge in [-0.2, -0.15) is 11.8 Å². The minimum absolute atomic E-state index is 0.00421. The van der Waals surface area contributed by atoms with Crippen molar-refractivity contribution < 1.29 is 106 Å². The van der Waals surface area contributed by atoms with Crippen molar-refractivity contribution in [1.82, 2.24) is 93.9 Å². The summed E-state index contributed by atoms with van der Waals surface area (Å²) in [6.45, 7) is 9.72. The van der Waals surface area contributed by atoms with Crippen LogP contribution < -0.4 is 109 Å². The van der Waals surface area contributed by atoms with Gasteiger partial charge in [0.05, 0.1) is 18.5 Å². The Labute approximate surface area is 816 Å². The zero-order valence-corrected chi connectivity index (χ0v) is 81.2. The number of hydrogen-bond acceptors (Lipinski definition) is 27. The van der Waals surface area contributed by atoms with Crippen molar-refractivity contribution in [3.05, 3.63) is 84.1 Å². The molecule has 2 aromatic carbocycles. The first-order valence-electron chi connectivity index (χ1n) is 47.5. The molecule has 6 rings (SSSR count). The number of benzene rings is 2. The van der Waals surface area contributed by atoms with E-state index in [-0.39, 0.29) is 152 Å². The average Bonchev–Trinajstić information content (AvgIpc) is 1.64. The third-order valence-corrected chi connectivity index (χ3v) is 25.2. The number of rotatable bonds is 63. The smallest absolute Gasteiger partial charge is 0.328 e. The number of aliphatic hydroxyl groups is 1. The van der Waals surface area contributed by atoms with Gasteiger partial charge in [-0.25, -0.2) is 9.78 Å². The highest BCUT2D eigenvalue weighted by Gasteiger charge is 2.45. The average molecular weight is 1980 g/mol. The molecule has 2 aliphatic heterocycles. The van der Waals surface area contributed by atoms with Crippen molar-refractivity contribution in [3.8, 4) is 5.75 Å². The zero-order chi connectivity index (χ0) is 104. The van der Waals surface area contributed by atoms with Crippen LogP contribution in [0.4, 0.5) is 0 Å². The Hall–Kier alpha value is -12.9. The van der Waals surface area contributed by atoms with Gasteiger partial charge in [-0.3, -0.25) is 86.3 Å². The van der Waals surface area contributed by atoms with E-state index in [0.717, 1.165) is 6.92 Å². The number of aromatic amines is 2. The molecule has 0 bridgehead atoms. The van der Waals surface area contributed by atoms with E-state index in [2.05, 4.69) is 84.1 Å². The van der Waals surface area contributed by atoms with Gasteiger partial charge in [-0.05, 0) is 196 Å². The number of aromatic nitrogens is 3. The van der Waals surface area contributed by atoms with Gasteiger partial charge in [0.15, 0.2) is 6.04 Å². The van der Waals surface area contributed by atoms with E-state index >= 15 is 14.4 Å². The first kappa shape index (κ1) is 116. The number of nitrogens with two attached hydrogens (primary N) is 7. The second kappa shape index (κ2) is 58.8. The largest absolute Gasteiger partial charge is 0.508 e. The van der Waals surface area contributed by atoms with Crippen LogP contribution in [0, 0.1) is 11.8 Å². The highest BCUT2D eigenvalue weighted by atomic mass is 32.2. The van der Waals surface area contributed by atoms with E-state index in [0.29, 0.717) is 47.7 Å². The molecule has 0 saturated carbocycles. The first-order valence-corrected chi connectivity index (χ1v) is 48.9. The molecule has 774 valence electrons. The van der Waals surface area contributed by atoms with Crippen LogP contribution in [0.1, 0.15) is 193 Å². The van der Waals surface area contributed by atoms with Gasteiger partial charge in [0.2, 0.25) is 106 Å². The number of aliphatic hydroxyl groups excluding tert-OH is 1. The molecule has 32 N–H and O–H groups in total. The summed E-state index contributed by atoms with van der Waals surface area (Å²) in [6.07, 6.45) is 3.68. The quantitative estimate of drug-likeness (QED) is 0.0185. The number of likely N-dealkylation sites (tertiary alicyclic amines) is 2. The number of aliphatic carboxylic acids is 1. The van der Waals surface area contributed by atoms with Crippen LogP contribution in [0.3, 0.4) is 0 Å². The predicted octanol–water partition coefficient (Wildman–Crippen LogP) is -4.64. The maximum atomic E-state index is 15.3. The Morgan fingerprint density at radius 2 is 0.871 bits per heavy atom. The molecule has 0 unspecified atom stereocenters. The van der Waals surface area contributed by atoms with E-state index < -0.39 is 253 Å². The number of phenolic OH excluding ortho intramolecular Hbond substituents is 1. The number of carbonyl (C=O) groups excluding carboxylic acids is 18. The summed E-state index contributed by atoms with van der Waals surface area (Å²) in [6, 6.07) is -10.4.